The molecule has 0 fully saturated rings. The van der Waals surface area contributed by atoms with Crippen LogP contribution in [0.25, 0.3) is 0 Å². The Morgan fingerprint density at radius 2 is 1.83 bits per heavy atom. The van der Waals surface area contributed by atoms with Crippen LogP contribution < -0.4 is 4.46 Å². The monoisotopic (exact) mass is 228 g/mol. The van der Waals surface area contributed by atoms with Crippen molar-refractivity contribution in [3.05, 3.63) is 30.3 Å². The maximum atomic E-state index is 11.3. The maximum absolute atomic E-state index is 11.3. The van der Waals surface area contributed by atoms with E-state index in [-0.39, 0.29) is 20.9 Å². The molecule has 0 spiro atoms. The quantitative estimate of drug-likeness (QED) is 0.709. The molecule has 0 bridgehead atoms. The van der Waals surface area contributed by atoms with Gasteiger partial charge in [0.15, 0.2) is 0 Å². The van der Waals surface area contributed by atoms with Crippen LogP contribution in [0.3, 0.4) is 0 Å². The van der Waals surface area contributed by atoms with Crippen LogP contribution in [-0.4, -0.2) is 19.6 Å². The molecule has 0 saturated heterocycles. The van der Waals surface area contributed by atoms with Gasteiger partial charge in [0.1, 0.15) is 0 Å². The van der Waals surface area contributed by atoms with Gasteiger partial charge < -0.3 is 0 Å². The average molecular weight is 227 g/mol. The van der Waals surface area contributed by atoms with Gasteiger partial charge in [0.05, 0.1) is 0 Å². The fourth-order valence-electron chi connectivity index (χ4n) is 0.723. The molecule has 0 radical (unpaired) electrons. The van der Waals surface area contributed by atoms with Gasteiger partial charge in [-0.05, 0) is 0 Å². The number of rotatable bonds is 3. The summed E-state index contributed by atoms with van der Waals surface area (Å²) in [5.74, 6) is 0.171. The van der Waals surface area contributed by atoms with Crippen LogP contribution in [0.1, 0.15) is 13.8 Å². The van der Waals surface area contributed by atoms with E-state index in [9.17, 15) is 4.79 Å². The molecule has 0 unspecified atom stereocenters. The van der Waals surface area contributed by atoms with E-state index in [0.717, 1.165) is 0 Å². The van der Waals surface area contributed by atoms with E-state index in [0.29, 0.717) is 4.68 Å². The Morgan fingerprint density at radius 1 is 1.25 bits per heavy atom. The van der Waals surface area contributed by atoms with Crippen molar-refractivity contribution in [2.24, 2.45) is 5.92 Å². The molecule has 12 heavy (non-hydrogen) atoms. The molecule has 0 aliphatic carbocycles. The standard InChI is InChI=1S/C10H12OSe/c1-8(2)10(11)12-9-6-4-3-5-7-9/h3-8H,1-2H3. The molecule has 0 aliphatic rings. The van der Waals surface area contributed by atoms with Crippen LogP contribution >= 0.6 is 0 Å². The Bertz CT molecular complexity index is 254. The van der Waals surface area contributed by atoms with E-state index >= 15 is 0 Å². The molecule has 0 N–H and O–H groups in total. The van der Waals surface area contributed by atoms with Gasteiger partial charge in [-0.25, -0.2) is 0 Å². The molecule has 2 heteroatoms. The van der Waals surface area contributed by atoms with E-state index in [1.54, 1.807) is 0 Å². The van der Waals surface area contributed by atoms with E-state index in [1.807, 2.05) is 44.2 Å². The van der Waals surface area contributed by atoms with Gasteiger partial charge in [-0.3, -0.25) is 0 Å². The minimum atomic E-state index is 0.00935. The van der Waals surface area contributed by atoms with Gasteiger partial charge >= 0.3 is 79.0 Å². The molecule has 1 nitrogen and oxygen atoms in total. The molecule has 0 heterocycles. The minimum absolute atomic E-state index is 0.00935. The van der Waals surface area contributed by atoms with Gasteiger partial charge in [0.25, 0.3) is 0 Å². The van der Waals surface area contributed by atoms with Crippen LogP contribution in [0, 0.1) is 5.92 Å². The summed E-state index contributed by atoms with van der Waals surface area (Å²) in [5.41, 5.74) is 0. The summed E-state index contributed by atoms with van der Waals surface area (Å²) in [6, 6.07) is 9.95. The van der Waals surface area contributed by atoms with E-state index < -0.39 is 0 Å². The topological polar surface area (TPSA) is 17.1 Å². The summed E-state index contributed by atoms with van der Waals surface area (Å²) in [7, 11) is 0. The second-order valence-electron chi connectivity index (χ2n) is 2.89. The van der Waals surface area contributed by atoms with Gasteiger partial charge in [-0.2, -0.15) is 0 Å². The summed E-state index contributed by atoms with van der Waals surface area (Å²) in [5, 5.41) is 0. The molecule has 1 aromatic carbocycles. The van der Waals surface area contributed by atoms with Crippen molar-refractivity contribution in [2.75, 3.05) is 0 Å². The zero-order valence-electron chi connectivity index (χ0n) is 7.28. The molecular weight excluding hydrogens is 215 g/mol. The van der Waals surface area contributed by atoms with Crippen LogP contribution in [-0.2, 0) is 4.79 Å². The molecule has 0 saturated carbocycles. The predicted molar refractivity (Wildman–Crippen MR) is 51.7 cm³/mol. The number of hydrogen-bond acceptors (Lipinski definition) is 1. The second-order valence-corrected chi connectivity index (χ2v) is 5.15. The summed E-state index contributed by atoms with van der Waals surface area (Å²) in [6.07, 6.45) is 0. The summed E-state index contributed by atoms with van der Waals surface area (Å²) < 4.78 is 1.54. The number of hydrogen-bond donors (Lipinski definition) is 0. The molecule has 64 valence electrons. The molecule has 0 aliphatic heterocycles. The average Bonchev–Trinajstić information content (AvgIpc) is 2.06. The van der Waals surface area contributed by atoms with Crippen LogP contribution in [0.15, 0.2) is 30.3 Å². The van der Waals surface area contributed by atoms with Crippen molar-refractivity contribution in [1.82, 2.24) is 0 Å². The predicted octanol–water partition coefficient (Wildman–Crippen LogP) is 1.20. The van der Waals surface area contributed by atoms with Crippen molar-refractivity contribution in [3.8, 4) is 0 Å². The van der Waals surface area contributed by atoms with Crippen molar-refractivity contribution in [2.45, 2.75) is 13.8 Å². The molecular formula is C10H12OSe. The van der Waals surface area contributed by atoms with Crippen LogP contribution in [0.4, 0.5) is 0 Å². The van der Waals surface area contributed by atoms with Crippen molar-refractivity contribution < 1.29 is 4.79 Å². The summed E-state index contributed by atoms with van der Waals surface area (Å²) in [4.78, 5) is 11.3. The Labute approximate surface area is 79.3 Å². The Balaban J connectivity index is 2.59. The SMILES string of the molecule is CC(C)C(=O)[Se]c1ccccc1. The molecule has 0 atom stereocenters. The number of carbonyl (C=O) groups is 1. The van der Waals surface area contributed by atoms with Gasteiger partial charge in [0, 0.05) is 0 Å². The Kier molecular flexibility index (Phi) is 3.51. The first kappa shape index (κ1) is 9.50. The molecule has 1 rings (SSSR count). The summed E-state index contributed by atoms with van der Waals surface area (Å²) in [6.45, 7) is 3.90. The Morgan fingerprint density at radius 3 is 2.33 bits per heavy atom. The van der Waals surface area contributed by atoms with Crippen molar-refractivity contribution in [1.29, 1.82) is 0 Å². The number of carbonyl (C=O) groups excluding carboxylic acids is 1. The second kappa shape index (κ2) is 4.44. The molecule has 0 amide bonds. The van der Waals surface area contributed by atoms with E-state index in [4.69, 9.17) is 0 Å². The summed E-state index contributed by atoms with van der Waals surface area (Å²) >= 11 is 0.00935. The zero-order valence-corrected chi connectivity index (χ0v) is 8.99. The van der Waals surface area contributed by atoms with Gasteiger partial charge in [-0.1, -0.05) is 0 Å². The van der Waals surface area contributed by atoms with Gasteiger partial charge in [0.2, 0.25) is 0 Å². The van der Waals surface area contributed by atoms with Crippen LogP contribution in [0.5, 0.6) is 0 Å². The fourth-order valence-corrected chi connectivity index (χ4v) is 2.32. The van der Waals surface area contributed by atoms with Gasteiger partial charge in [-0.15, -0.1) is 0 Å². The third-order valence-corrected chi connectivity index (χ3v) is 3.91. The van der Waals surface area contributed by atoms with E-state index in [2.05, 4.69) is 0 Å². The first-order valence-electron chi connectivity index (χ1n) is 3.97. The first-order valence-corrected chi connectivity index (χ1v) is 5.68. The third-order valence-electron chi connectivity index (χ3n) is 1.43. The fraction of sp³-hybridized carbons (Fsp3) is 0.300. The van der Waals surface area contributed by atoms with Crippen molar-refractivity contribution >= 4 is 24.1 Å². The molecule has 0 aromatic heterocycles. The van der Waals surface area contributed by atoms with E-state index in [1.165, 1.54) is 4.46 Å². The number of benzene rings is 1. The zero-order chi connectivity index (χ0) is 8.97. The van der Waals surface area contributed by atoms with Crippen molar-refractivity contribution in [3.63, 3.8) is 0 Å². The first-order chi connectivity index (χ1) is 5.70. The molecule has 1 aromatic rings. The van der Waals surface area contributed by atoms with Crippen LogP contribution in [0.2, 0.25) is 0 Å². The normalized spacial score (nSPS) is 10.2. The third kappa shape index (κ3) is 2.80. The Hall–Kier alpha value is -0.591.